The van der Waals surface area contributed by atoms with E-state index in [1.165, 1.54) is 6.26 Å². The number of hydrogen-bond donors (Lipinski definition) is 2. The zero-order chi connectivity index (χ0) is 6.69. The van der Waals surface area contributed by atoms with Gasteiger partial charge in [0, 0.05) is 0 Å². The Morgan fingerprint density at radius 3 is 2.67 bits per heavy atom. The molecule has 3 N–H and O–H groups in total. The minimum atomic E-state index is -0.352. The Morgan fingerprint density at radius 2 is 2.33 bits per heavy atom. The largest absolute Gasteiger partial charge is 0.486 e. The number of nitrogens with one attached hydrogen (secondary N) is 1. The SMILES string of the molecule is N=C(N)C1C=CC=CO1. The van der Waals surface area contributed by atoms with E-state index in [0.29, 0.717) is 0 Å². The summed E-state index contributed by atoms with van der Waals surface area (Å²) in [5.74, 6) is 0.0376. The Hall–Kier alpha value is -1.25. The topological polar surface area (TPSA) is 59.1 Å². The van der Waals surface area contributed by atoms with E-state index in [1.807, 2.05) is 0 Å². The Labute approximate surface area is 53.3 Å². The monoisotopic (exact) mass is 124 g/mol. The van der Waals surface area contributed by atoms with E-state index in [0.717, 1.165) is 0 Å². The van der Waals surface area contributed by atoms with E-state index in [4.69, 9.17) is 15.9 Å². The molecule has 0 aromatic rings. The van der Waals surface area contributed by atoms with Crippen molar-refractivity contribution in [1.82, 2.24) is 0 Å². The average Bonchev–Trinajstić information content (AvgIpc) is 1.90. The van der Waals surface area contributed by atoms with Gasteiger partial charge in [0.25, 0.3) is 0 Å². The van der Waals surface area contributed by atoms with Crippen molar-refractivity contribution in [3.05, 3.63) is 24.5 Å². The molecule has 0 amide bonds. The van der Waals surface area contributed by atoms with Crippen molar-refractivity contribution in [3.63, 3.8) is 0 Å². The first kappa shape index (κ1) is 5.88. The van der Waals surface area contributed by atoms with Crippen LogP contribution in [0.4, 0.5) is 0 Å². The fourth-order valence-corrected chi connectivity index (χ4v) is 0.563. The van der Waals surface area contributed by atoms with Crippen LogP contribution in [0.25, 0.3) is 0 Å². The van der Waals surface area contributed by atoms with Gasteiger partial charge in [0.05, 0.1) is 6.26 Å². The quantitative estimate of drug-likeness (QED) is 0.392. The van der Waals surface area contributed by atoms with Crippen molar-refractivity contribution in [3.8, 4) is 0 Å². The first-order valence-corrected chi connectivity index (χ1v) is 2.63. The molecule has 48 valence electrons. The van der Waals surface area contributed by atoms with E-state index in [-0.39, 0.29) is 11.9 Å². The van der Waals surface area contributed by atoms with Gasteiger partial charge in [-0.05, 0) is 12.2 Å². The molecular weight excluding hydrogens is 116 g/mol. The minimum Gasteiger partial charge on any atom is -0.486 e. The Bertz CT molecular complexity index is 172. The molecule has 0 saturated heterocycles. The second-order valence-corrected chi connectivity index (χ2v) is 1.73. The molecule has 1 unspecified atom stereocenters. The van der Waals surface area contributed by atoms with Crippen molar-refractivity contribution >= 4 is 5.84 Å². The van der Waals surface area contributed by atoms with E-state index in [9.17, 15) is 0 Å². The van der Waals surface area contributed by atoms with Crippen molar-refractivity contribution in [1.29, 1.82) is 5.41 Å². The molecule has 0 bridgehead atoms. The molecule has 3 heteroatoms. The van der Waals surface area contributed by atoms with Crippen molar-refractivity contribution in [2.24, 2.45) is 5.73 Å². The molecular formula is C6H8N2O. The molecule has 0 aliphatic carbocycles. The molecule has 0 fully saturated rings. The molecule has 1 aliphatic rings. The molecule has 1 heterocycles. The van der Waals surface area contributed by atoms with Crippen LogP contribution >= 0.6 is 0 Å². The Morgan fingerprint density at radius 1 is 1.56 bits per heavy atom. The average molecular weight is 124 g/mol. The van der Waals surface area contributed by atoms with Gasteiger partial charge in [-0.2, -0.15) is 0 Å². The number of hydrogen-bond acceptors (Lipinski definition) is 2. The van der Waals surface area contributed by atoms with Gasteiger partial charge in [-0.1, -0.05) is 6.08 Å². The summed E-state index contributed by atoms with van der Waals surface area (Å²) in [5.41, 5.74) is 5.14. The highest BCUT2D eigenvalue weighted by Gasteiger charge is 2.07. The smallest absolute Gasteiger partial charge is 0.172 e. The van der Waals surface area contributed by atoms with Crippen LogP contribution < -0.4 is 5.73 Å². The van der Waals surface area contributed by atoms with E-state index in [1.54, 1.807) is 18.2 Å². The van der Waals surface area contributed by atoms with Gasteiger partial charge < -0.3 is 10.5 Å². The fourth-order valence-electron chi connectivity index (χ4n) is 0.563. The highest BCUT2D eigenvalue weighted by atomic mass is 16.5. The lowest BCUT2D eigenvalue weighted by atomic mass is 10.3. The van der Waals surface area contributed by atoms with Crippen molar-refractivity contribution in [2.75, 3.05) is 0 Å². The molecule has 0 aromatic carbocycles. The van der Waals surface area contributed by atoms with Gasteiger partial charge in [0.1, 0.15) is 5.84 Å². The molecule has 1 atom stereocenters. The molecule has 0 saturated carbocycles. The van der Waals surface area contributed by atoms with E-state index < -0.39 is 0 Å². The summed E-state index contributed by atoms with van der Waals surface area (Å²) in [6.45, 7) is 0. The summed E-state index contributed by atoms with van der Waals surface area (Å²) in [5, 5.41) is 6.96. The Kier molecular flexibility index (Phi) is 1.53. The van der Waals surface area contributed by atoms with Gasteiger partial charge in [-0.15, -0.1) is 0 Å². The lowest BCUT2D eigenvalue weighted by Gasteiger charge is -2.11. The summed E-state index contributed by atoms with van der Waals surface area (Å²) in [6.07, 6.45) is 6.44. The van der Waals surface area contributed by atoms with Crippen LogP contribution in [0.15, 0.2) is 24.5 Å². The summed E-state index contributed by atoms with van der Waals surface area (Å²) < 4.78 is 4.92. The van der Waals surface area contributed by atoms with Crippen molar-refractivity contribution in [2.45, 2.75) is 6.10 Å². The summed E-state index contributed by atoms with van der Waals surface area (Å²) in [7, 11) is 0. The third kappa shape index (κ3) is 1.32. The molecule has 0 spiro atoms. The van der Waals surface area contributed by atoms with Gasteiger partial charge in [0.2, 0.25) is 0 Å². The third-order valence-electron chi connectivity index (χ3n) is 1.01. The van der Waals surface area contributed by atoms with Gasteiger partial charge >= 0.3 is 0 Å². The highest BCUT2D eigenvalue weighted by molar-refractivity contribution is 5.83. The summed E-state index contributed by atoms with van der Waals surface area (Å²) >= 11 is 0. The third-order valence-corrected chi connectivity index (χ3v) is 1.01. The van der Waals surface area contributed by atoms with Crippen LogP contribution in [0, 0.1) is 5.41 Å². The van der Waals surface area contributed by atoms with Gasteiger partial charge in [0.15, 0.2) is 6.10 Å². The molecule has 3 nitrogen and oxygen atoms in total. The van der Waals surface area contributed by atoms with Gasteiger partial charge in [-0.25, -0.2) is 0 Å². The number of ether oxygens (including phenoxy) is 1. The Balaban J connectivity index is 2.56. The first-order chi connectivity index (χ1) is 4.30. The summed E-state index contributed by atoms with van der Waals surface area (Å²) in [6, 6.07) is 0. The molecule has 0 radical (unpaired) electrons. The van der Waals surface area contributed by atoms with E-state index >= 15 is 0 Å². The van der Waals surface area contributed by atoms with Crippen LogP contribution in [-0.2, 0) is 4.74 Å². The maximum absolute atomic E-state index is 6.96. The van der Waals surface area contributed by atoms with Gasteiger partial charge in [-0.3, -0.25) is 5.41 Å². The second kappa shape index (κ2) is 2.35. The fraction of sp³-hybridized carbons (Fsp3) is 0.167. The second-order valence-electron chi connectivity index (χ2n) is 1.73. The predicted molar refractivity (Wildman–Crippen MR) is 35.1 cm³/mol. The number of rotatable bonds is 1. The number of nitrogens with two attached hydrogens (primary N) is 1. The number of allylic oxidation sites excluding steroid dienone is 2. The maximum Gasteiger partial charge on any atom is 0.172 e. The molecule has 1 rings (SSSR count). The lowest BCUT2D eigenvalue weighted by Crippen LogP contribution is -2.27. The van der Waals surface area contributed by atoms with E-state index in [2.05, 4.69) is 0 Å². The number of amidine groups is 1. The molecule has 1 aliphatic heterocycles. The molecule has 9 heavy (non-hydrogen) atoms. The standard InChI is InChI=1S/C6H8N2O/c7-6(8)5-3-1-2-4-9-5/h1-5H,(H3,7,8). The summed E-state index contributed by atoms with van der Waals surface area (Å²) in [4.78, 5) is 0. The highest BCUT2D eigenvalue weighted by Crippen LogP contribution is 2.00. The zero-order valence-electron chi connectivity index (χ0n) is 4.87. The van der Waals surface area contributed by atoms with Crippen LogP contribution in [-0.4, -0.2) is 11.9 Å². The zero-order valence-corrected chi connectivity index (χ0v) is 4.87. The maximum atomic E-state index is 6.96. The van der Waals surface area contributed by atoms with Crippen molar-refractivity contribution < 1.29 is 4.74 Å². The van der Waals surface area contributed by atoms with Crippen LogP contribution in [0.1, 0.15) is 0 Å². The lowest BCUT2D eigenvalue weighted by molar-refractivity contribution is 0.237. The minimum absolute atomic E-state index is 0.0376. The van der Waals surface area contributed by atoms with Crippen LogP contribution in [0.2, 0.25) is 0 Å². The first-order valence-electron chi connectivity index (χ1n) is 2.63. The normalized spacial score (nSPS) is 23.3. The van der Waals surface area contributed by atoms with Crippen LogP contribution in [0.5, 0.6) is 0 Å². The predicted octanol–water partition coefficient (Wildman–Crippen LogP) is 0.391. The molecule has 0 aromatic heterocycles. The van der Waals surface area contributed by atoms with Crippen LogP contribution in [0.3, 0.4) is 0 Å².